The minimum absolute atomic E-state index is 0.0620. The van der Waals surface area contributed by atoms with Gasteiger partial charge in [0.1, 0.15) is 0 Å². The highest BCUT2D eigenvalue weighted by Gasteiger charge is 2.17. The minimum Gasteiger partial charge on any atom is -0.481 e. The van der Waals surface area contributed by atoms with Gasteiger partial charge in [0, 0.05) is 26.6 Å². The van der Waals surface area contributed by atoms with Crippen LogP contribution in [0.25, 0.3) is 0 Å². The third-order valence-electron chi connectivity index (χ3n) is 3.23. The second-order valence-electron chi connectivity index (χ2n) is 6.64. The molecule has 0 aliphatic rings. The van der Waals surface area contributed by atoms with Crippen molar-refractivity contribution in [1.29, 1.82) is 0 Å². The number of carboxylic acids is 1. The van der Waals surface area contributed by atoms with E-state index in [9.17, 15) is 9.59 Å². The van der Waals surface area contributed by atoms with Crippen LogP contribution in [0.3, 0.4) is 0 Å². The number of carboxylic acid groups (broad SMARTS) is 1. The summed E-state index contributed by atoms with van der Waals surface area (Å²) in [7, 11) is 1.79. The van der Waals surface area contributed by atoms with Gasteiger partial charge in [0.25, 0.3) is 0 Å². The van der Waals surface area contributed by atoms with Crippen LogP contribution < -0.4 is 5.32 Å². The van der Waals surface area contributed by atoms with Gasteiger partial charge in [0.2, 0.25) is 0 Å². The maximum absolute atomic E-state index is 11.9. The summed E-state index contributed by atoms with van der Waals surface area (Å²) >= 11 is 0. The molecule has 0 bridgehead atoms. The summed E-state index contributed by atoms with van der Waals surface area (Å²) < 4.78 is 0. The van der Waals surface area contributed by atoms with E-state index in [-0.39, 0.29) is 17.9 Å². The Morgan fingerprint density at radius 1 is 1.25 bits per heavy atom. The predicted molar refractivity (Wildman–Crippen MR) is 80.8 cm³/mol. The van der Waals surface area contributed by atoms with Crippen LogP contribution in [-0.4, -0.2) is 42.1 Å². The first kappa shape index (κ1) is 18.7. The lowest BCUT2D eigenvalue weighted by molar-refractivity contribution is -0.137. The van der Waals surface area contributed by atoms with Crippen molar-refractivity contribution in [1.82, 2.24) is 10.2 Å². The molecule has 0 saturated carbocycles. The second-order valence-corrected chi connectivity index (χ2v) is 6.64. The van der Waals surface area contributed by atoms with Crippen LogP contribution in [-0.2, 0) is 4.79 Å². The van der Waals surface area contributed by atoms with Crippen molar-refractivity contribution in [2.24, 2.45) is 11.3 Å². The van der Waals surface area contributed by atoms with Gasteiger partial charge in [0.15, 0.2) is 0 Å². The smallest absolute Gasteiger partial charge is 0.317 e. The quantitative estimate of drug-likeness (QED) is 0.720. The van der Waals surface area contributed by atoms with Crippen LogP contribution >= 0.6 is 0 Å². The van der Waals surface area contributed by atoms with E-state index in [1.807, 2.05) is 0 Å². The average Bonchev–Trinajstić information content (AvgIpc) is 2.30. The van der Waals surface area contributed by atoms with Crippen LogP contribution in [0, 0.1) is 11.3 Å². The highest BCUT2D eigenvalue weighted by molar-refractivity contribution is 5.73. The topological polar surface area (TPSA) is 69.6 Å². The molecule has 5 nitrogen and oxygen atoms in total. The Morgan fingerprint density at radius 2 is 1.85 bits per heavy atom. The van der Waals surface area contributed by atoms with Gasteiger partial charge in [-0.2, -0.15) is 0 Å². The van der Waals surface area contributed by atoms with Gasteiger partial charge >= 0.3 is 12.0 Å². The molecule has 0 saturated heterocycles. The Hall–Kier alpha value is -1.26. The lowest BCUT2D eigenvalue weighted by atomic mass is 9.96. The van der Waals surface area contributed by atoms with E-state index in [1.54, 1.807) is 11.9 Å². The molecule has 0 aliphatic heterocycles. The number of aliphatic carboxylic acids is 1. The first-order valence-electron chi connectivity index (χ1n) is 7.36. The molecule has 5 heteroatoms. The number of urea groups is 1. The largest absolute Gasteiger partial charge is 0.481 e. The van der Waals surface area contributed by atoms with Gasteiger partial charge in [-0.1, -0.05) is 34.1 Å². The van der Waals surface area contributed by atoms with Crippen molar-refractivity contribution in [2.45, 2.75) is 53.4 Å². The van der Waals surface area contributed by atoms with Crippen molar-refractivity contribution in [3.8, 4) is 0 Å². The molecule has 0 spiro atoms. The monoisotopic (exact) mass is 286 g/mol. The Kier molecular flexibility index (Phi) is 8.26. The summed E-state index contributed by atoms with van der Waals surface area (Å²) in [6, 6.07) is -0.0620. The summed E-state index contributed by atoms with van der Waals surface area (Å²) in [5.74, 6) is -0.392. The molecular weight excluding hydrogens is 256 g/mol. The molecule has 118 valence electrons. The number of hydrogen-bond donors (Lipinski definition) is 2. The van der Waals surface area contributed by atoms with E-state index in [2.05, 4.69) is 33.0 Å². The van der Waals surface area contributed by atoms with E-state index in [4.69, 9.17) is 5.11 Å². The molecular formula is C15H30N2O3. The fourth-order valence-corrected chi connectivity index (χ4v) is 2.18. The van der Waals surface area contributed by atoms with Crippen molar-refractivity contribution in [3.05, 3.63) is 0 Å². The number of amides is 2. The number of nitrogens with one attached hydrogen (secondary N) is 1. The van der Waals surface area contributed by atoms with Crippen molar-refractivity contribution in [2.75, 3.05) is 20.1 Å². The van der Waals surface area contributed by atoms with Crippen LogP contribution in [0.1, 0.15) is 53.4 Å². The Bertz CT molecular complexity index is 311. The molecule has 0 aromatic carbocycles. The van der Waals surface area contributed by atoms with Gasteiger partial charge in [-0.15, -0.1) is 0 Å². The number of nitrogens with zero attached hydrogens (tertiary/aromatic N) is 1. The van der Waals surface area contributed by atoms with E-state index >= 15 is 0 Å². The molecule has 0 heterocycles. The zero-order valence-electron chi connectivity index (χ0n) is 13.5. The van der Waals surface area contributed by atoms with E-state index in [0.717, 1.165) is 12.8 Å². The Morgan fingerprint density at radius 3 is 2.30 bits per heavy atom. The van der Waals surface area contributed by atoms with E-state index < -0.39 is 5.97 Å². The molecule has 0 radical (unpaired) electrons. The molecule has 0 rings (SSSR count). The molecule has 2 amide bonds. The summed E-state index contributed by atoms with van der Waals surface area (Å²) in [4.78, 5) is 24.1. The van der Waals surface area contributed by atoms with E-state index in [1.165, 1.54) is 0 Å². The van der Waals surface area contributed by atoms with Crippen LogP contribution in [0.5, 0.6) is 0 Å². The fraction of sp³-hybridized carbons (Fsp3) is 0.867. The lowest BCUT2D eigenvalue weighted by Gasteiger charge is -2.27. The molecule has 2 N–H and O–H groups in total. The lowest BCUT2D eigenvalue weighted by Crippen LogP contribution is -2.42. The summed E-state index contributed by atoms with van der Waals surface area (Å²) in [6.07, 6.45) is 2.66. The van der Waals surface area contributed by atoms with Crippen molar-refractivity contribution < 1.29 is 14.7 Å². The molecule has 0 fully saturated rings. The Labute approximate surface area is 122 Å². The predicted octanol–water partition coefficient (Wildman–Crippen LogP) is 2.96. The van der Waals surface area contributed by atoms with Crippen LogP contribution in [0.2, 0.25) is 0 Å². The summed E-state index contributed by atoms with van der Waals surface area (Å²) in [5, 5.41) is 11.6. The fourth-order valence-electron chi connectivity index (χ4n) is 2.18. The van der Waals surface area contributed by atoms with Crippen molar-refractivity contribution >= 4 is 12.0 Å². The SMILES string of the molecule is CCC(CCNC(=O)N(C)CC(C)(C)C)CCC(=O)O. The summed E-state index contributed by atoms with van der Waals surface area (Å²) in [5.41, 5.74) is 0.0829. The van der Waals surface area contributed by atoms with Gasteiger partial charge < -0.3 is 15.3 Å². The zero-order valence-corrected chi connectivity index (χ0v) is 13.5. The third-order valence-corrected chi connectivity index (χ3v) is 3.23. The summed E-state index contributed by atoms with van der Waals surface area (Å²) in [6.45, 7) is 9.64. The Balaban J connectivity index is 3.96. The van der Waals surface area contributed by atoms with Crippen molar-refractivity contribution in [3.63, 3.8) is 0 Å². The van der Waals surface area contributed by atoms with Crippen LogP contribution in [0.4, 0.5) is 4.79 Å². The van der Waals surface area contributed by atoms with Crippen LogP contribution in [0.15, 0.2) is 0 Å². The maximum Gasteiger partial charge on any atom is 0.317 e. The minimum atomic E-state index is -0.752. The van der Waals surface area contributed by atoms with E-state index in [0.29, 0.717) is 25.4 Å². The molecule has 20 heavy (non-hydrogen) atoms. The number of rotatable bonds is 8. The van der Waals surface area contributed by atoms with Gasteiger partial charge in [-0.05, 0) is 24.2 Å². The molecule has 0 aliphatic carbocycles. The van der Waals surface area contributed by atoms with Gasteiger partial charge in [-0.25, -0.2) is 4.79 Å². The average molecular weight is 286 g/mol. The second kappa shape index (κ2) is 8.82. The van der Waals surface area contributed by atoms with Gasteiger partial charge in [0.05, 0.1) is 0 Å². The number of carbonyl (C=O) groups excluding carboxylic acids is 1. The third kappa shape index (κ3) is 9.64. The highest BCUT2D eigenvalue weighted by Crippen LogP contribution is 2.15. The molecule has 0 aromatic heterocycles. The molecule has 1 atom stereocenters. The highest BCUT2D eigenvalue weighted by atomic mass is 16.4. The molecule has 0 aromatic rings. The zero-order chi connectivity index (χ0) is 15.8. The van der Waals surface area contributed by atoms with Gasteiger partial charge in [-0.3, -0.25) is 4.79 Å². The number of hydrogen-bond acceptors (Lipinski definition) is 2. The first-order chi connectivity index (χ1) is 9.15. The maximum atomic E-state index is 11.9. The first-order valence-corrected chi connectivity index (χ1v) is 7.36. The standard InChI is InChI=1S/C15H30N2O3/c1-6-12(7-8-13(18)19)9-10-16-14(20)17(5)11-15(2,3)4/h12H,6-11H2,1-5H3,(H,16,20)(H,18,19). The molecule has 1 unspecified atom stereocenters. The normalized spacial score (nSPS) is 12.8. The number of carbonyl (C=O) groups is 2.